The van der Waals surface area contributed by atoms with Gasteiger partial charge in [-0.25, -0.2) is 8.42 Å². The van der Waals surface area contributed by atoms with Crippen molar-refractivity contribution in [3.05, 3.63) is 0 Å². The third-order valence-corrected chi connectivity index (χ3v) is 3.72. The SMILES string of the molecule is O=C(O)CNS(=O)(=O)C(F)(F)C(F)(F)C(F)(F)C(F)(F)C(F)(F)F. The number of hydrogen-bond acceptors (Lipinski definition) is 3. The molecule has 0 aromatic heterocycles. The van der Waals surface area contributed by atoms with Gasteiger partial charge in [-0.15, -0.1) is 0 Å². The van der Waals surface area contributed by atoms with Crippen molar-refractivity contribution in [2.45, 2.75) is 29.2 Å². The number of carboxylic acid groups (broad SMARTS) is 1. The molecule has 0 aliphatic heterocycles. The summed E-state index contributed by atoms with van der Waals surface area (Å²) < 4.78 is 159. The molecule has 0 radical (unpaired) electrons. The Hall–Kier alpha value is -1.39. The van der Waals surface area contributed by atoms with Gasteiger partial charge in [-0.3, -0.25) is 4.79 Å². The van der Waals surface area contributed by atoms with Crippen molar-refractivity contribution in [2.24, 2.45) is 0 Å². The summed E-state index contributed by atoms with van der Waals surface area (Å²) in [5.41, 5.74) is 0. The number of aliphatic carboxylic acids is 1. The van der Waals surface area contributed by atoms with Gasteiger partial charge in [0.05, 0.1) is 0 Å². The number of carboxylic acids is 1. The molecule has 2 N–H and O–H groups in total. The summed E-state index contributed by atoms with van der Waals surface area (Å²) in [7, 11) is -7.10. The number of halogens is 11. The maximum absolute atomic E-state index is 13.1. The number of hydrogen-bond donors (Lipinski definition) is 2. The van der Waals surface area contributed by atoms with E-state index < -0.39 is 51.7 Å². The summed E-state index contributed by atoms with van der Waals surface area (Å²) >= 11 is 0. The zero-order chi connectivity index (χ0) is 20.0. The normalized spacial score (nSPS) is 15.5. The van der Waals surface area contributed by atoms with E-state index in [1.807, 2.05) is 0 Å². The van der Waals surface area contributed by atoms with Crippen LogP contribution in [-0.2, 0) is 14.8 Å². The van der Waals surface area contributed by atoms with Crippen molar-refractivity contribution in [2.75, 3.05) is 6.54 Å². The fourth-order valence-corrected chi connectivity index (χ4v) is 1.93. The molecule has 0 aromatic rings. The monoisotopic (exact) mass is 407 g/mol. The van der Waals surface area contributed by atoms with Crippen LogP contribution in [0.15, 0.2) is 0 Å². The molecule has 0 bridgehead atoms. The molecular formula is C7H4F11NO4S. The second-order valence-electron chi connectivity index (χ2n) is 3.96. The van der Waals surface area contributed by atoms with Crippen molar-refractivity contribution >= 4 is 16.0 Å². The molecule has 0 spiro atoms. The molecule has 0 saturated heterocycles. The first-order valence-corrected chi connectivity index (χ1v) is 6.44. The molecule has 0 saturated carbocycles. The zero-order valence-corrected chi connectivity index (χ0v) is 11.3. The second kappa shape index (κ2) is 5.85. The quantitative estimate of drug-likeness (QED) is 0.633. The van der Waals surface area contributed by atoms with Crippen LogP contribution in [0.4, 0.5) is 48.3 Å². The van der Waals surface area contributed by atoms with E-state index in [0.717, 1.165) is 0 Å². The molecule has 0 amide bonds. The molecular weight excluding hydrogens is 403 g/mol. The number of nitrogens with one attached hydrogen (secondary N) is 1. The summed E-state index contributed by atoms with van der Waals surface area (Å²) in [6.07, 6.45) is -7.44. The van der Waals surface area contributed by atoms with Gasteiger partial charge in [-0.1, -0.05) is 0 Å². The molecule has 0 aliphatic carbocycles. The van der Waals surface area contributed by atoms with E-state index in [9.17, 15) is 61.5 Å². The Labute approximate surface area is 124 Å². The second-order valence-corrected chi connectivity index (χ2v) is 5.76. The molecule has 0 unspecified atom stereocenters. The van der Waals surface area contributed by atoms with Crippen LogP contribution in [0.3, 0.4) is 0 Å². The van der Waals surface area contributed by atoms with Gasteiger partial charge in [-0.2, -0.15) is 53.0 Å². The van der Waals surface area contributed by atoms with Crippen LogP contribution in [-0.4, -0.2) is 55.2 Å². The van der Waals surface area contributed by atoms with Crippen molar-refractivity contribution < 1.29 is 66.6 Å². The Kier molecular flexibility index (Phi) is 5.51. The highest BCUT2D eigenvalue weighted by atomic mass is 32.2. The first kappa shape index (κ1) is 22.6. The summed E-state index contributed by atoms with van der Waals surface area (Å²) in [5, 5.41) is 0.736. The standard InChI is InChI=1S/C7H4F11NO4S/c8-3(9,4(10,11)6(14,15)16)5(12,13)7(17,18)24(22,23)19-1-2(20)21/h19H,1H2,(H,20,21). The molecule has 0 aliphatic rings. The zero-order valence-electron chi connectivity index (χ0n) is 10.4. The van der Waals surface area contributed by atoms with Crippen molar-refractivity contribution in [1.29, 1.82) is 0 Å². The molecule has 0 rings (SSSR count). The largest absolute Gasteiger partial charge is 0.480 e. The molecule has 0 atom stereocenters. The van der Waals surface area contributed by atoms with E-state index in [4.69, 9.17) is 5.11 Å². The smallest absolute Gasteiger partial charge is 0.460 e. The lowest BCUT2D eigenvalue weighted by atomic mass is 10.0. The first-order chi connectivity index (χ1) is 10.2. The third-order valence-electron chi connectivity index (χ3n) is 2.26. The van der Waals surface area contributed by atoms with Gasteiger partial charge in [0.25, 0.3) is 10.0 Å². The average molecular weight is 407 g/mol. The van der Waals surface area contributed by atoms with Gasteiger partial charge in [0, 0.05) is 0 Å². The average Bonchev–Trinajstić information content (AvgIpc) is 2.34. The minimum Gasteiger partial charge on any atom is -0.480 e. The van der Waals surface area contributed by atoms with E-state index in [1.54, 1.807) is 0 Å². The molecule has 24 heavy (non-hydrogen) atoms. The highest BCUT2D eigenvalue weighted by molar-refractivity contribution is 7.90. The van der Waals surface area contributed by atoms with E-state index in [1.165, 1.54) is 0 Å². The topological polar surface area (TPSA) is 83.5 Å². The molecule has 0 aromatic carbocycles. The van der Waals surface area contributed by atoms with Crippen LogP contribution in [0.2, 0.25) is 0 Å². The summed E-state index contributed by atoms with van der Waals surface area (Å²) in [6.45, 7) is -2.07. The third kappa shape index (κ3) is 3.22. The number of sulfonamides is 1. The Bertz CT molecular complexity index is 596. The van der Waals surface area contributed by atoms with Gasteiger partial charge >= 0.3 is 35.2 Å². The van der Waals surface area contributed by atoms with Crippen LogP contribution in [0.25, 0.3) is 0 Å². The summed E-state index contributed by atoms with van der Waals surface area (Å²) in [5.74, 6) is -25.7. The predicted molar refractivity (Wildman–Crippen MR) is 50.4 cm³/mol. The van der Waals surface area contributed by atoms with Crippen LogP contribution in [0.5, 0.6) is 0 Å². The van der Waals surface area contributed by atoms with Crippen molar-refractivity contribution in [3.8, 4) is 0 Å². The maximum atomic E-state index is 13.1. The van der Waals surface area contributed by atoms with Crippen LogP contribution >= 0.6 is 0 Å². The highest BCUT2D eigenvalue weighted by Gasteiger charge is 2.89. The van der Waals surface area contributed by atoms with E-state index in [-0.39, 0.29) is 4.72 Å². The fraction of sp³-hybridized carbons (Fsp3) is 0.857. The fourth-order valence-electron chi connectivity index (χ4n) is 0.974. The summed E-state index contributed by atoms with van der Waals surface area (Å²) in [4.78, 5) is 9.93. The lowest BCUT2D eigenvalue weighted by Gasteiger charge is -2.36. The number of rotatable bonds is 7. The van der Waals surface area contributed by atoms with Gasteiger partial charge in [-0.05, 0) is 0 Å². The van der Waals surface area contributed by atoms with Gasteiger partial charge < -0.3 is 5.11 Å². The Morgan fingerprint density at radius 2 is 1.17 bits per heavy atom. The lowest BCUT2D eigenvalue weighted by molar-refractivity contribution is -0.413. The van der Waals surface area contributed by atoms with Crippen molar-refractivity contribution in [3.63, 3.8) is 0 Å². The first-order valence-electron chi connectivity index (χ1n) is 4.96. The molecule has 17 heteroatoms. The van der Waals surface area contributed by atoms with Gasteiger partial charge in [0.2, 0.25) is 0 Å². The lowest BCUT2D eigenvalue weighted by Crippen LogP contribution is -2.69. The Morgan fingerprint density at radius 3 is 1.46 bits per heavy atom. The molecule has 144 valence electrons. The van der Waals surface area contributed by atoms with E-state index >= 15 is 0 Å². The number of carbonyl (C=O) groups is 1. The van der Waals surface area contributed by atoms with Crippen LogP contribution < -0.4 is 4.72 Å². The maximum Gasteiger partial charge on any atom is 0.460 e. The highest BCUT2D eigenvalue weighted by Crippen LogP contribution is 2.58. The van der Waals surface area contributed by atoms with E-state index in [0.29, 0.717) is 0 Å². The molecule has 0 heterocycles. The van der Waals surface area contributed by atoms with Gasteiger partial charge in [0.1, 0.15) is 6.54 Å². The predicted octanol–water partition coefficient (Wildman–Crippen LogP) is 2.05. The van der Waals surface area contributed by atoms with Crippen LogP contribution in [0.1, 0.15) is 0 Å². The minimum absolute atomic E-state index is 0.150. The molecule has 0 fully saturated rings. The van der Waals surface area contributed by atoms with Crippen molar-refractivity contribution in [1.82, 2.24) is 4.72 Å². The van der Waals surface area contributed by atoms with E-state index in [2.05, 4.69) is 0 Å². The Balaban J connectivity index is 6.16. The molecule has 5 nitrogen and oxygen atoms in total. The van der Waals surface area contributed by atoms with Gasteiger partial charge in [0.15, 0.2) is 0 Å². The summed E-state index contributed by atoms with van der Waals surface area (Å²) in [6, 6.07) is 0. The Morgan fingerprint density at radius 1 is 0.792 bits per heavy atom. The van der Waals surface area contributed by atoms with Crippen LogP contribution in [0, 0.1) is 0 Å². The number of alkyl halides is 11. The minimum atomic E-state index is -7.90.